The second-order valence-corrected chi connectivity index (χ2v) is 8.09. The van der Waals surface area contributed by atoms with Crippen LogP contribution in [0.1, 0.15) is 26.7 Å². The van der Waals surface area contributed by atoms with E-state index in [1.807, 2.05) is 13.8 Å². The Hall–Kier alpha value is -1.40. The van der Waals surface area contributed by atoms with E-state index in [9.17, 15) is 13.2 Å². The summed E-state index contributed by atoms with van der Waals surface area (Å²) in [5.74, 6) is 0.0874. The molecule has 0 bridgehead atoms. The van der Waals surface area contributed by atoms with Crippen molar-refractivity contribution in [3.8, 4) is 0 Å². The molecule has 1 saturated heterocycles. The minimum atomic E-state index is -3.51. The summed E-state index contributed by atoms with van der Waals surface area (Å²) in [6.45, 7) is 5.44. The summed E-state index contributed by atoms with van der Waals surface area (Å²) in [6, 6.07) is 8.40. The molecule has 1 amide bonds. The molecule has 1 fully saturated rings. The molecular formula is C16H24N2O3S. The summed E-state index contributed by atoms with van der Waals surface area (Å²) < 4.78 is 26.7. The molecule has 0 aliphatic carbocycles. The zero-order valence-electron chi connectivity index (χ0n) is 13.2. The molecular weight excluding hydrogens is 300 g/mol. The van der Waals surface area contributed by atoms with E-state index in [1.54, 1.807) is 30.3 Å². The van der Waals surface area contributed by atoms with Gasteiger partial charge in [0.2, 0.25) is 15.9 Å². The molecule has 0 aromatic heterocycles. The second-order valence-electron chi connectivity index (χ2n) is 6.15. The maximum Gasteiger partial charge on any atom is 0.243 e. The summed E-state index contributed by atoms with van der Waals surface area (Å²) in [5.41, 5.74) is 0. The van der Waals surface area contributed by atoms with Gasteiger partial charge in [-0.1, -0.05) is 32.0 Å². The number of hydrogen-bond acceptors (Lipinski definition) is 3. The molecule has 1 N–H and O–H groups in total. The van der Waals surface area contributed by atoms with Gasteiger partial charge in [0.05, 0.1) is 10.8 Å². The van der Waals surface area contributed by atoms with Crippen LogP contribution in [-0.2, 0) is 14.8 Å². The molecule has 1 unspecified atom stereocenters. The number of piperidine rings is 1. The minimum Gasteiger partial charge on any atom is -0.356 e. The first-order valence-electron chi connectivity index (χ1n) is 7.74. The van der Waals surface area contributed by atoms with E-state index >= 15 is 0 Å². The highest BCUT2D eigenvalue weighted by Crippen LogP contribution is 2.23. The van der Waals surface area contributed by atoms with Crippen molar-refractivity contribution < 1.29 is 13.2 Å². The highest BCUT2D eigenvalue weighted by Gasteiger charge is 2.33. The first-order valence-corrected chi connectivity index (χ1v) is 9.18. The third kappa shape index (κ3) is 4.08. The number of nitrogens with zero attached hydrogens (tertiary/aromatic N) is 1. The third-order valence-electron chi connectivity index (χ3n) is 3.82. The molecule has 1 atom stereocenters. The Labute approximate surface area is 132 Å². The summed E-state index contributed by atoms with van der Waals surface area (Å²) >= 11 is 0. The van der Waals surface area contributed by atoms with Crippen molar-refractivity contribution in [3.63, 3.8) is 0 Å². The van der Waals surface area contributed by atoms with Crippen LogP contribution in [0.5, 0.6) is 0 Å². The Balaban J connectivity index is 2.06. The molecule has 1 aliphatic rings. The molecule has 1 aliphatic heterocycles. The van der Waals surface area contributed by atoms with Crippen molar-refractivity contribution in [2.24, 2.45) is 11.8 Å². The largest absolute Gasteiger partial charge is 0.356 e. The van der Waals surface area contributed by atoms with E-state index < -0.39 is 10.0 Å². The van der Waals surface area contributed by atoms with Gasteiger partial charge in [0.25, 0.3) is 0 Å². The van der Waals surface area contributed by atoms with Crippen molar-refractivity contribution >= 4 is 15.9 Å². The molecule has 1 aromatic rings. The van der Waals surface area contributed by atoms with E-state index in [-0.39, 0.29) is 18.4 Å². The average molecular weight is 324 g/mol. The first kappa shape index (κ1) is 17.0. The van der Waals surface area contributed by atoms with Crippen LogP contribution in [-0.4, -0.2) is 38.3 Å². The van der Waals surface area contributed by atoms with Crippen LogP contribution in [0, 0.1) is 11.8 Å². The number of carbonyl (C=O) groups excluding carboxylic acids is 1. The van der Waals surface area contributed by atoms with Crippen LogP contribution in [0.25, 0.3) is 0 Å². The van der Waals surface area contributed by atoms with Gasteiger partial charge in [0.15, 0.2) is 0 Å². The van der Waals surface area contributed by atoms with Crippen LogP contribution in [0.3, 0.4) is 0 Å². The predicted octanol–water partition coefficient (Wildman–Crippen LogP) is 1.86. The molecule has 0 spiro atoms. The van der Waals surface area contributed by atoms with E-state index in [0.29, 0.717) is 30.3 Å². The summed E-state index contributed by atoms with van der Waals surface area (Å²) in [6.07, 6.45) is 1.45. The molecule has 122 valence electrons. The average Bonchev–Trinajstić information content (AvgIpc) is 2.53. The van der Waals surface area contributed by atoms with Crippen LogP contribution in [0.2, 0.25) is 0 Å². The number of carbonyl (C=O) groups is 1. The second kappa shape index (κ2) is 7.24. The SMILES string of the molecule is CC(C)CNC(=O)C1CCCN(S(=O)(=O)c2ccccc2)C1. The number of rotatable bonds is 5. The summed E-state index contributed by atoms with van der Waals surface area (Å²) in [7, 11) is -3.51. The van der Waals surface area contributed by atoms with E-state index in [4.69, 9.17) is 0 Å². The van der Waals surface area contributed by atoms with Crippen LogP contribution >= 0.6 is 0 Å². The van der Waals surface area contributed by atoms with Gasteiger partial charge in [-0.05, 0) is 30.9 Å². The van der Waals surface area contributed by atoms with Crippen molar-refractivity contribution in [1.82, 2.24) is 9.62 Å². The normalized spacial score (nSPS) is 20.0. The maximum absolute atomic E-state index is 12.6. The van der Waals surface area contributed by atoms with Gasteiger partial charge in [0, 0.05) is 19.6 Å². The first-order chi connectivity index (χ1) is 10.4. The number of benzene rings is 1. The highest BCUT2D eigenvalue weighted by molar-refractivity contribution is 7.89. The highest BCUT2D eigenvalue weighted by atomic mass is 32.2. The van der Waals surface area contributed by atoms with Crippen molar-refractivity contribution in [3.05, 3.63) is 30.3 Å². The quantitative estimate of drug-likeness (QED) is 0.899. The predicted molar refractivity (Wildman–Crippen MR) is 85.8 cm³/mol. The lowest BCUT2D eigenvalue weighted by Gasteiger charge is -2.31. The molecule has 5 nitrogen and oxygen atoms in total. The van der Waals surface area contributed by atoms with Crippen LogP contribution in [0.15, 0.2) is 35.2 Å². The Morgan fingerprint density at radius 1 is 1.32 bits per heavy atom. The topological polar surface area (TPSA) is 66.5 Å². The Morgan fingerprint density at radius 2 is 2.00 bits per heavy atom. The monoisotopic (exact) mass is 324 g/mol. The van der Waals surface area contributed by atoms with Crippen LogP contribution < -0.4 is 5.32 Å². The molecule has 2 rings (SSSR count). The molecule has 1 heterocycles. The molecule has 6 heteroatoms. The van der Waals surface area contributed by atoms with Crippen molar-refractivity contribution in [1.29, 1.82) is 0 Å². The summed E-state index contributed by atoms with van der Waals surface area (Å²) in [5, 5.41) is 2.90. The number of hydrogen-bond donors (Lipinski definition) is 1. The third-order valence-corrected chi connectivity index (χ3v) is 5.70. The fourth-order valence-corrected chi connectivity index (χ4v) is 4.11. The van der Waals surface area contributed by atoms with Gasteiger partial charge in [0.1, 0.15) is 0 Å². The number of amides is 1. The Kier molecular flexibility index (Phi) is 5.58. The van der Waals surface area contributed by atoms with Gasteiger partial charge in [-0.25, -0.2) is 8.42 Å². The Morgan fingerprint density at radius 3 is 2.64 bits per heavy atom. The zero-order valence-corrected chi connectivity index (χ0v) is 14.0. The van der Waals surface area contributed by atoms with Crippen molar-refractivity contribution in [2.45, 2.75) is 31.6 Å². The van der Waals surface area contributed by atoms with Gasteiger partial charge in [-0.15, -0.1) is 0 Å². The minimum absolute atomic E-state index is 0.0401. The van der Waals surface area contributed by atoms with E-state index in [2.05, 4.69) is 5.32 Å². The van der Waals surface area contributed by atoms with Crippen LogP contribution in [0.4, 0.5) is 0 Å². The van der Waals surface area contributed by atoms with Gasteiger partial charge in [-0.3, -0.25) is 4.79 Å². The lowest BCUT2D eigenvalue weighted by Crippen LogP contribution is -2.45. The molecule has 22 heavy (non-hydrogen) atoms. The Bertz CT molecular complexity index is 599. The smallest absolute Gasteiger partial charge is 0.243 e. The van der Waals surface area contributed by atoms with E-state index in [1.165, 1.54) is 4.31 Å². The maximum atomic E-state index is 12.6. The molecule has 0 radical (unpaired) electrons. The van der Waals surface area contributed by atoms with Gasteiger partial charge in [-0.2, -0.15) is 4.31 Å². The van der Waals surface area contributed by atoms with E-state index in [0.717, 1.165) is 6.42 Å². The number of sulfonamides is 1. The lowest BCUT2D eigenvalue weighted by molar-refractivity contribution is -0.126. The molecule has 0 saturated carbocycles. The number of nitrogens with one attached hydrogen (secondary N) is 1. The standard InChI is InChI=1S/C16H24N2O3S/c1-13(2)11-17-16(19)14-7-6-10-18(12-14)22(20,21)15-8-4-3-5-9-15/h3-5,8-9,13-14H,6-7,10-12H2,1-2H3,(H,17,19). The fourth-order valence-electron chi connectivity index (χ4n) is 2.57. The summed E-state index contributed by atoms with van der Waals surface area (Å²) in [4.78, 5) is 12.5. The van der Waals surface area contributed by atoms with Gasteiger partial charge >= 0.3 is 0 Å². The lowest BCUT2D eigenvalue weighted by atomic mass is 9.98. The zero-order chi connectivity index (χ0) is 16.2. The van der Waals surface area contributed by atoms with Gasteiger partial charge < -0.3 is 5.32 Å². The fraction of sp³-hybridized carbons (Fsp3) is 0.562. The molecule has 1 aromatic carbocycles. The van der Waals surface area contributed by atoms with Crippen molar-refractivity contribution in [2.75, 3.05) is 19.6 Å².